The first-order chi connectivity index (χ1) is 8.20. The van der Waals surface area contributed by atoms with Crippen molar-refractivity contribution in [1.82, 2.24) is 0 Å². The predicted molar refractivity (Wildman–Crippen MR) is 77.1 cm³/mol. The highest BCUT2D eigenvalue weighted by Gasteiger charge is 2.05. The Kier molecular flexibility index (Phi) is 4.07. The Morgan fingerprint density at radius 2 is 2.18 bits per heavy atom. The molecule has 17 heavy (non-hydrogen) atoms. The summed E-state index contributed by atoms with van der Waals surface area (Å²) in [5, 5.41) is 5.48. The van der Waals surface area contributed by atoms with Crippen LogP contribution in [0.1, 0.15) is 10.4 Å². The van der Waals surface area contributed by atoms with Gasteiger partial charge in [-0.25, -0.2) is 0 Å². The molecule has 1 heterocycles. The molecule has 0 saturated heterocycles. The molecule has 0 saturated carbocycles. The van der Waals surface area contributed by atoms with Crippen molar-refractivity contribution in [3.8, 4) is 5.75 Å². The van der Waals surface area contributed by atoms with Crippen LogP contribution in [-0.2, 0) is 6.54 Å². The van der Waals surface area contributed by atoms with Gasteiger partial charge in [0.2, 0.25) is 0 Å². The average molecular weight is 312 g/mol. The van der Waals surface area contributed by atoms with E-state index in [1.807, 2.05) is 12.1 Å². The number of aryl methyl sites for hydroxylation is 1. The summed E-state index contributed by atoms with van der Waals surface area (Å²) in [7, 11) is 1.69. The van der Waals surface area contributed by atoms with E-state index in [1.165, 1.54) is 10.4 Å². The molecule has 0 bridgehead atoms. The topological polar surface area (TPSA) is 21.3 Å². The fourth-order valence-corrected chi connectivity index (χ4v) is 3.02. The van der Waals surface area contributed by atoms with Gasteiger partial charge in [0.05, 0.1) is 19.3 Å². The van der Waals surface area contributed by atoms with Gasteiger partial charge in [-0.05, 0) is 52.0 Å². The lowest BCUT2D eigenvalue weighted by Gasteiger charge is -2.11. The highest BCUT2D eigenvalue weighted by molar-refractivity contribution is 9.10. The van der Waals surface area contributed by atoms with Crippen molar-refractivity contribution < 1.29 is 4.74 Å². The van der Waals surface area contributed by atoms with Crippen molar-refractivity contribution in [2.75, 3.05) is 12.4 Å². The van der Waals surface area contributed by atoms with Crippen molar-refractivity contribution >= 4 is 33.0 Å². The Morgan fingerprint density at radius 3 is 2.82 bits per heavy atom. The Bertz CT molecular complexity index is 510. The van der Waals surface area contributed by atoms with Gasteiger partial charge >= 0.3 is 0 Å². The maximum Gasteiger partial charge on any atom is 0.141 e. The number of anilines is 1. The normalized spacial score (nSPS) is 10.3. The summed E-state index contributed by atoms with van der Waals surface area (Å²) in [6.45, 7) is 2.88. The van der Waals surface area contributed by atoms with Gasteiger partial charge in [-0.3, -0.25) is 0 Å². The van der Waals surface area contributed by atoms with Crippen LogP contribution in [0.4, 0.5) is 5.69 Å². The summed E-state index contributed by atoms with van der Waals surface area (Å²) in [4.78, 5) is 1.29. The number of hydrogen-bond donors (Lipinski definition) is 1. The van der Waals surface area contributed by atoms with Crippen LogP contribution in [0, 0.1) is 6.92 Å². The molecule has 0 aliphatic heterocycles. The smallest absolute Gasteiger partial charge is 0.141 e. The first-order valence-corrected chi connectivity index (χ1v) is 6.98. The first-order valence-electron chi connectivity index (χ1n) is 5.31. The molecule has 90 valence electrons. The van der Waals surface area contributed by atoms with Crippen molar-refractivity contribution in [3.63, 3.8) is 0 Å². The van der Waals surface area contributed by atoms with Crippen LogP contribution in [0.15, 0.2) is 34.1 Å². The lowest BCUT2D eigenvalue weighted by molar-refractivity contribution is 0.416. The van der Waals surface area contributed by atoms with Gasteiger partial charge in [0.1, 0.15) is 5.75 Å². The largest absolute Gasteiger partial charge is 0.495 e. The summed E-state index contributed by atoms with van der Waals surface area (Å²) >= 11 is 5.27. The molecule has 0 spiro atoms. The van der Waals surface area contributed by atoms with E-state index < -0.39 is 0 Å². The molecule has 1 N–H and O–H groups in total. The second kappa shape index (κ2) is 5.56. The van der Waals surface area contributed by atoms with Crippen LogP contribution in [0.3, 0.4) is 0 Å². The van der Waals surface area contributed by atoms with E-state index in [9.17, 15) is 0 Å². The second-order valence-corrected chi connectivity index (χ2v) is 5.60. The minimum absolute atomic E-state index is 0.804. The molecule has 0 aliphatic carbocycles. The van der Waals surface area contributed by atoms with E-state index in [0.29, 0.717) is 0 Å². The summed E-state index contributed by atoms with van der Waals surface area (Å²) in [5.41, 5.74) is 2.26. The van der Waals surface area contributed by atoms with Gasteiger partial charge in [-0.2, -0.15) is 0 Å². The molecule has 4 heteroatoms. The minimum atomic E-state index is 0.804. The van der Waals surface area contributed by atoms with Crippen molar-refractivity contribution in [2.45, 2.75) is 13.5 Å². The van der Waals surface area contributed by atoms with Crippen molar-refractivity contribution in [2.24, 2.45) is 0 Å². The maximum absolute atomic E-state index is 5.33. The third-order valence-electron chi connectivity index (χ3n) is 2.49. The van der Waals surface area contributed by atoms with Gasteiger partial charge in [0, 0.05) is 9.35 Å². The van der Waals surface area contributed by atoms with Gasteiger partial charge in [0.25, 0.3) is 0 Å². The summed E-state index contributed by atoms with van der Waals surface area (Å²) in [5.74, 6) is 0.878. The quantitative estimate of drug-likeness (QED) is 0.901. The molecule has 2 aromatic rings. The SMILES string of the molecule is COc1ccc(C)cc1NCc1sccc1Br. The van der Waals surface area contributed by atoms with Gasteiger partial charge in [-0.15, -0.1) is 11.3 Å². The fourth-order valence-electron chi connectivity index (χ4n) is 1.59. The first kappa shape index (κ1) is 12.5. The van der Waals surface area contributed by atoms with Crippen LogP contribution in [0.5, 0.6) is 5.75 Å². The zero-order chi connectivity index (χ0) is 12.3. The molecule has 0 radical (unpaired) electrons. The molecule has 0 fully saturated rings. The second-order valence-electron chi connectivity index (χ2n) is 3.75. The van der Waals surface area contributed by atoms with Crippen molar-refractivity contribution in [3.05, 3.63) is 44.6 Å². The number of rotatable bonds is 4. The molecule has 2 rings (SSSR count). The fraction of sp³-hybridized carbons (Fsp3) is 0.231. The zero-order valence-corrected chi connectivity index (χ0v) is 12.2. The number of ether oxygens (including phenoxy) is 1. The van der Waals surface area contributed by atoms with Gasteiger partial charge in [0.15, 0.2) is 0 Å². The number of benzene rings is 1. The molecule has 0 amide bonds. The van der Waals surface area contributed by atoms with E-state index >= 15 is 0 Å². The Labute approximate surface area is 114 Å². The van der Waals surface area contributed by atoms with Crippen LogP contribution in [0.2, 0.25) is 0 Å². The molecule has 2 nitrogen and oxygen atoms in total. The van der Waals surface area contributed by atoms with Crippen molar-refractivity contribution in [1.29, 1.82) is 0 Å². The molecule has 0 aliphatic rings. The maximum atomic E-state index is 5.33. The van der Waals surface area contributed by atoms with Crippen LogP contribution in [0.25, 0.3) is 0 Å². The van der Waals surface area contributed by atoms with Gasteiger partial charge < -0.3 is 10.1 Å². The summed E-state index contributed by atoms with van der Waals surface area (Å²) in [6.07, 6.45) is 0. The van der Waals surface area contributed by atoms with Crippen LogP contribution in [-0.4, -0.2) is 7.11 Å². The van der Waals surface area contributed by atoms with Crippen LogP contribution < -0.4 is 10.1 Å². The van der Waals surface area contributed by atoms with E-state index in [4.69, 9.17) is 4.74 Å². The summed E-state index contributed by atoms with van der Waals surface area (Å²) in [6, 6.07) is 8.20. The van der Waals surface area contributed by atoms with E-state index in [1.54, 1.807) is 18.4 Å². The minimum Gasteiger partial charge on any atom is -0.495 e. The lowest BCUT2D eigenvalue weighted by atomic mass is 10.2. The number of methoxy groups -OCH3 is 1. The highest BCUT2D eigenvalue weighted by Crippen LogP contribution is 2.28. The molecular weight excluding hydrogens is 298 g/mol. The molecule has 1 aromatic heterocycles. The Morgan fingerprint density at radius 1 is 1.35 bits per heavy atom. The Balaban J connectivity index is 2.13. The number of halogens is 1. The predicted octanol–water partition coefficient (Wildman–Crippen LogP) is 4.44. The van der Waals surface area contributed by atoms with E-state index in [-0.39, 0.29) is 0 Å². The average Bonchev–Trinajstić information content (AvgIpc) is 2.72. The number of hydrogen-bond acceptors (Lipinski definition) is 3. The van der Waals surface area contributed by atoms with E-state index in [2.05, 4.69) is 45.7 Å². The summed E-state index contributed by atoms with van der Waals surface area (Å²) < 4.78 is 6.48. The monoisotopic (exact) mass is 311 g/mol. The standard InChI is InChI=1S/C13H14BrNOS/c1-9-3-4-12(16-2)11(7-9)15-8-13-10(14)5-6-17-13/h3-7,15H,8H2,1-2H3. The third-order valence-corrected chi connectivity index (χ3v) is 4.41. The lowest BCUT2D eigenvalue weighted by Crippen LogP contribution is -2.00. The zero-order valence-electron chi connectivity index (χ0n) is 9.79. The number of nitrogens with one attached hydrogen (secondary N) is 1. The van der Waals surface area contributed by atoms with E-state index in [0.717, 1.165) is 22.5 Å². The number of thiophene rings is 1. The molecule has 1 aromatic carbocycles. The Hall–Kier alpha value is -1.00. The third kappa shape index (κ3) is 3.01. The highest BCUT2D eigenvalue weighted by atomic mass is 79.9. The van der Waals surface area contributed by atoms with Crippen LogP contribution >= 0.6 is 27.3 Å². The molecule has 0 atom stereocenters. The van der Waals surface area contributed by atoms with Gasteiger partial charge in [-0.1, -0.05) is 6.07 Å². The molecule has 0 unspecified atom stereocenters. The molecular formula is C13H14BrNOS.